The van der Waals surface area contributed by atoms with E-state index >= 15 is 0 Å². The number of ether oxygens (including phenoxy) is 3. The SMILES string of the molecule is C=COC(C)(C)OC(C)(C)OCC(C)Cl. The Labute approximate surface area is 97.3 Å². The maximum Gasteiger partial charge on any atom is 0.206 e. The highest BCUT2D eigenvalue weighted by molar-refractivity contribution is 6.20. The summed E-state index contributed by atoms with van der Waals surface area (Å²) < 4.78 is 16.3. The first-order valence-corrected chi connectivity index (χ1v) is 5.39. The van der Waals surface area contributed by atoms with Crippen LogP contribution in [0.2, 0.25) is 0 Å². The molecule has 0 radical (unpaired) electrons. The van der Waals surface area contributed by atoms with Gasteiger partial charge in [0, 0.05) is 13.8 Å². The monoisotopic (exact) mass is 236 g/mol. The molecule has 90 valence electrons. The third kappa shape index (κ3) is 7.65. The van der Waals surface area contributed by atoms with Gasteiger partial charge in [-0.15, -0.1) is 11.6 Å². The highest BCUT2D eigenvalue weighted by Crippen LogP contribution is 2.23. The second-order valence-electron chi connectivity index (χ2n) is 4.28. The first kappa shape index (κ1) is 14.8. The van der Waals surface area contributed by atoms with Crippen LogP contribution in [0.25, 0.3) is 0 Å². The first-order chi connectivity index (χ1) is 6.68. The molecule has 0 heterocycles. The fourth-order valence-corrected chi connectivity index (χ4v) is 1.22. The fourth-order valence-electron chi connectivity index (χ4n) is 1.16. The summed E-state index contributed by atoms with van der Waals surface area (Å²) in [7, 11) is 0. The Morgan fingerprint density at radius 2 is 1.80 bits per heavy atom. The molecule has 15 heavy (non-hydrogen) atoms. The van der Waals surface area contributed by atoms with E-state index in [1.54, 1.807) is 13.8 Å². The summed E-state index contributed by atoms with van der Waals surface area (Å²) in [5, 5.41) is -0.0451. The lowest BCUT2D eigenvalue weighted by atomic mass is 10.3. The molecule has 0 saturated heterocycles. The van der Waals surface area contributed by atoms with Crippen molar-refractivity contribution < 1.29 is 14.2 Å². The van der Waals surface area contributed by atoms with Crippen molar-refractivity contribution >= 4 is 11.6 Å². The second-order valence-corrected chi connectivity index (χ2v) is 5.02. The van der Waals surface area contributed by atoms with Gasteiger partial charge in [-0.3, -0.25) is 0 Å². The molecule has 0 spiro atoms. The third-order valence-corrected chi connectivity index (χ3v) is 1.65. The third-order valence-electron chi connectivity index (χ3n) is 1.52. The lowest BCUT2D eigenvalue weighted by Crippen LogP contribution is -2.40. The van der Waals surface area contributed by atoms with Gasteiger partial charge in [0.2, 0.25) is 5.79 Å². The molecule has 0 aliphatic heterocycles. The van der Waals surface area contributed by atoms with Gasteiger partial charge in [-0.25, -0.2) is 0 Å². The Bertz CT molecular complexity index is 200. The number of halogens is 1. The van der Waals surface area contributed by atoms with Crippen molar-refractivity contribution in [3.63, 3.8) is 0 Å². The summed E-state index contributed by atoms with van der Waals surface area (Å²) in [6, 6.07) is 0. The highest BCUT2D eigenvalue weighted by Gasteiger charge is 2.30. The van der Waals surface area contributed by atoms with Crippen LogP contribution in [0.3, 0.4) is 0 Å². The maximum absolute atomic E-state index is 5.79. The average molecular weight is 237 g/mol. The molecule has 0 aromatic carbocycles. The zero-order chi connectivity index (χ0) is 12.1. The number of hydrogen-bond donors (Lipinski definition) is 0. The summed E-state index contributed by atoms with van der Waals surface area (Å²) >= 11 is 5.79. The molecule has 0 fully saturated rings. The fraction of sp³-hybridized carbons (Fsp3) is 0.818. The minimum Gasteiger partial charge on any atom is -0.471 e. The smallest absolute Gasteiger partial charge is 0.206 e. The van der Waals surface area contributed by atoms with Gasteiger partial charge in [-0.2, -0.15) is 0 Å². The largest absolute Gasteiger partial charge is 0.471 e. The van der Waals surface area contributed by atoms with Crippen LogP contribution in [0.1, 0.15) is 34.6 Å². The molecule has 1 atom stereocenters. The number of hydrogen-bond acceptors (Lipinski definition) is 3. The van der Waals surface area contributed by atoms with Gasteiger partial charge in [-0.1, -0.05) is 6.58 Å². The van der Waals surface area contributed by atoms with Crippen LogP contribution in [0.15, 0.2) is 12.8 Å². The van der Waals surface area contributed by atoms with Crippen LogP contribution in [0, 0.1) is 0 Å². The van der Waals surface area contributed by atoms with E-state index in [0.717, 1.165) is 0 Å². The quantitative estimate of drug-likeness (QED) is 0.386. The molecule has 0 rings (SSSR count). The normalized spacial score (nSPS) is 14.8. The van der Waals surface area contributed by atoms with Crippen molar-refractivity contribution in [2.24, 2.45) is 0 Å². The molecule has 0 saturated carbocycles. The Morgan fingerprint density at radius 1 is 1.27 bits per heavy atom. The molecule has 4 heteroatoms. The van der Waals surface area contributed by atoms with Crippen molar-refractivity contribution in [2.45, 2.75) is 51.6 Å². The first-order valence-electron chi connectivity index (χ1n) is 4.95. The summed E-state index contributed by atoms with van der Waals surface area (Å²) in [4.78, 5) is 0. The maximum atomic E-state index is 5.79. The lowest BCUT2D eigenvalue weighted by molar-refractivity contribution is -0.320. The van der Waals surface area contributed by atoms with Crippen molar-refractivity contribution in [3.8, 4) is 0 Å². The molecule has 1 unspecified atom stereocenters. The van der Waals surface area contributed by atoms with Gasteiger partial charge >= 0.3 is 0 Å². The highest BCUT2D eigenvalue weighted by atomic mass is 35.5. The van der Waals surface area contributed by atoms with Crippen LogP contribution in [-0.2, 0) is 14.2 Å². The van der Waals surface area contributed by atoms with Crippen LogP contribution >= 0.6 is 11.6 Å². The van der Waals surface area contributed by atoms with Gasteiger partial charge in [-0.05, 0) is 20.8 Å². The Balaban J connectivity index is 4.16. The van der Waals surface area contributed by atoms with Crippen molar-refractivity contribution in [1.82, 2.24) is 0 Å². The average Bonchev–Trinajstić information content (AvgIpc) is 1.98. The van der Waals surface area contributed by atoms with E-state index < -0.39 is 11.6 Å². The minimum atomic E-state index is -0.763. The summed E-state index contributed by atoms with van der Waals surface area (Å²) in [6.07, 6.45) is 1.35. The summed E-state index contributed by atoms with van der Waals surface area (Å²) in [5.41, 5.74) is 0. The van der Waals surface area contributed by atoms with E-state index in [1.165, 1.54) is 6.26 Å². The zero-order valence-electron chi connectivity index (χ0n) is 10.2. The second kappa shape index (κ2) is 5.73. The summed E-state index contributed by atoms with van der Waals surface area (Å²) in [6.45, 7) is 13.0. The van der Waals surface area contributed by atoms with Gasteiger partial charge in [0.1, 0.15) is 0 Å². The van der Waals surface area contributed by atoms with Gasteiger partial charge in [0.25, 0.3) is 0 Å². The zero-order valence-corrected chi connectivity index (χ0v) is 10.9. The van der Waals surface area contributed by atoms with Crippen LogP contribution in [0.4, 0.5) is 0 Å². The van der Waals surface area contributed by atoms with E-state index in [1.807, 2.05) is 20.8 Å². The Kier molecular flexibility index (Phi) is 5.63. The topological polar surface area (TPSA) is 27.7 Å². The summed E-state index contributed by atoms with van der Waals surface area (Å²) in [5.74, 6) is -1.50. The lowest BCUT2D eigenvalue weighted by Gasteiger charge is -2.35. The standard InChI is InChI=1S/C11H21ClO3/c1-7-13-10(3,4)15-11(5,6)14-8-9(2)12/h7,9H,1,8H2,2-6H3. The Hall–Kier alpha value is -0.250. The van der Waals surface area contributed by atoms with E-state index in [4.69, 9.17) is 25.8 Å². The molecule has 0 aromatic rings. The van der Waals surface area contributed by atoms with E-state index in [-0.39, 0.29) is 5.38 Å². The molecule has 3 nitrogen and oxygen atoms in total. The van der Waals surface area contributed by atoms with Gasteiger partial charge in [0.05, 0.1) is 18.2 Å². The van der Waals surface area contributed by atoms with E-state index in [9.17, 15) is 0 Å². The molecule has 0 aliphatic rings. The predicted molar refractivity (Wildman–Crippen MR) is 61.8 cm³/mol. The predicted octanol–water partition coefficient (Wildman–Crippen LogP) is 3.28. The molecule has 0 N–H and O–H groups in total. The number of rotatable bonds is 7. The van der Waals surface area contributed by atoms with Crippen molar-refractivity contribution in [1.29, 1.82) is 0 Å². The molecular weight excluding hydrogens is 216 g/mol. The molecular formula is C11H21ClO3. The van der Waals surface area contributed by atoms with Crippen LogP contribution < -0.4 is 0 Å². The van der Waals surface area contributed by atoms with Gasteiger partial charge in [0.15, 0.2) is 5.79 Å². The molecule has 0 aliphatic carbocycles. The molecule has 0 aromatic heterocycles. The number of alkyl halides is 1. The Morgan fingerprint density at radius 3 is 2.20 bits per heavy atom. The minimum absolute atomic E-state index is 0.0451. The van der Waals surface area contributed by atoms with E-state index in [0.29, 0.717) is 6.61 Å². The van der Waals surface area contributed by atoms with Crippen LogP contribution in [-0.4, -0.2) is 23.6 Å². The van der Waals surface area contributed by atoms with Gasteiger partial charge < -0.3 is 14.2 Å². The molecule has 0 amide bonds. The van der Waals surface area contributed by atoms with Crippen LogP contribution in [0.5, 0.6) is 0 Å². The molecule has 0 bridgehead atoms. The van der Waals surface area contributed by atoms with Crippen molar-refractivity contribution in [2.75, 3.05) is 6.61 Å². The van der Waals surface area contributed by atoms with Crippen molar-refractivity contribution in [3.05, 3.63) is 12.8 Å². The van der Waals surface area contributed by atoms with E-state index in [2.05, 4.69) is 6.58 Å².